The van der Waals surface area contributed by atoms with Crippen molar-refractivity contribution in [2.75, 3.05) is 11.5 Å². The molecular formula is C9H16N4S2. The molecule has 1 saturated heterocycles. The van der Waals surface area contributed by atoms with E-state index in [0.717, 1.165) is 5.69 Å². The second-order valence-corrected chi connectivity index (χ2v) is 6.49. The summed E-state index contributed by atoms with van der Waals surface area (Å²) < 4.78 is 1.78. The van der Waals surface area contributed by atoms with Crippen LogP contribution in [-0.4, -0.2) is 37.0 Å². The molecule has 4 nitrogen and oxygen atoms in total. The van der Waals surface area contributed by atoms with Gasteiger partial charge in [-0.3, -0.25) is 4.68 Å². The molecule has 2 N–H and O–H groups in total. The maximum absolute atomic E-state index is 6.27. The van der Waals surface area contributed by atoms with Crippen LogP contribution in [0.1, 0.15) is 18.7 Å². The summed E-state index contributed by atoms with van der Waals surface area (Å²) in [6, 6.07) is 0.0396. The van der Waals surface area contributed by atoms with Gasteiger partial charge in [-0.2, -0.15) is 23.5 Å². The van der Waals surface area contributed by atoms with Crippen molar-refractivity contribution < 1.29 is 0 Å². The van der Waals surface area contributed by atoms with Crippen LogP contribution in [0, 0.1) is 0 Å². The Labute approximate surface area is 98.4 Å². The lowest BCUT2D eigenvalue weighted by atomic mass is 10.1. The standard InChI is InChI=1S/C9H16N4S2/c1-6-9(15-4-3-14-6)8(10)7-5-11-12-13(7)2/h5-6,8-9H,3-4,10H2,1-2H3. The molecule has 3 atom stereocenters. The molecule has 1 aliphatic rings. The first kappa shape index (κ1) is 11.3. The Balaban J connectivity index is 2.13. The molecule has 1 aromatic rings. The lowest BCUT2D eigenvalue weighted by Crippen LogP contribution is -2.35. The number of nitrogens with two attached hydrogens (primary N) is 1. The van der Waals surface area contributed by atoms with E-state index in [-0.39, 0.29) is 6.04 Å². The fourth-order valence-corrected chi connectivity index (χ4v) is 4.67. The van der Waals surface area contributed by atoms with E-state index in [1.807, 2.05) is 30.6 Å². The van der Waals surface area contributed by atoms with E-state index in [2.05, 4.69) is 17.2 Å². The number of rotatable bonds is 2. The molecular weight excluding hydrogens is 228 g/mol. The molecule has 3 unspecified atom stereocenters. The van der Waals surface area contributed by atoms with Crippen LogP contribution in [0.5, 0.6) is 0 Å². The van der Waals surface area contributed by atoms with Gasteiger partial charge in [-0.1, -0.05) is 12.1 Å². The Morgan fingerprint density at radius 2 is 2.27 bits per heavy atom. The zero-order chi connectivity index (χ0) is 10.8. The SMILES string of the molecule is CC1SCCSC1C(N)c1cnnn1C. The van der Waals surface area contributed by atoms with Gasteiger partial charge < -0.3 is 5.73 Å². The van der Waals surface area contributed by atoms with Crippen molar-refractivity contribution in [3.8, 4) is 0 Å². The third-order valence-corrected chi connectivity index (χ3v) is 5.90. The van der Waals surface area contributed by atoms with Crippen molar-refractivity contribution in [1.29, 1.82) is 0 Å². The Morgan fingerprint density at radius 1 is 1.53 bits per heavy atom. The Kier molecular flexibility index (Phi) is 3.58. The largest absolute Gasteiger partial charge is 0.322 e. The van der Waals surface area contributed by atoms with E-state index in [1.165, 1.54) is 11.5 Å². The highest BCUT2D eigenvalue weighted by Gasteiger charge is 2.30. The molecule has 0 amide bonds. The Hall–Kier alpha value is -0.200. The van der Waals surface area contributed by atoms with Crippen molar-refractivity contribution in [3.63, 3.8) is 0 Å². The summed E-state index contributed by atoms with van der Waals surface area (Å²) in [5.41, 5.74) is 7.30. The van der Waals surface area contributed by atoms with Crippen molar-refractivity contribution in [1.82, 2.24) is 15.0 Å². The molecule has 0 aliphatic carbocycles. The molecule has 6 heteroatoms. The van der Waals surface area contributed by atoms with Crippen molar-refractivity contribution in [2.24, 2.45) is 12.8 Å². The van der Waals surface area contributed by atoms with Gasteiger partial charge in [-0.05, 0) is 0 Å². The lowest BCUT2D eigenvalue weighted by molar-refractivity contribution is 0.584. The maximum atomic E-state index is 6.27. The number of hydrogen-bond donors (Lipinski definition) is 1. The maximum Gasteiger partial charge on any atom is 0.0762 e. The summed E-state index contributed by atoms with van der Waals surface area (Å²) in [5.74, 6) is 2.43. The Morgan fingerprint density at radius 3 is 2.87 bits per heavy atom. The smallest absolute Gasteiger partial charge is 0.0762 e. The topological polar surface area (TPSA) is 56.7 Å². The monoisotopic (exact) mass is 244 g/mol. The van der Waals surface area contributed by atoms with Crippen LogP contribution < -0.4 is 5.73 Å². The molecule has 1 aliphatic heterocycles. The molecule has 0 bridgehead atoms. The predicted molar refractivity (Wildman–Crippen MR) is 66.1 cm³/mol. The van der Waals surface area contributed by atoms with Crippen LogP contribution >= 0.6 is 23.5 Å². The van der Waals surface area contributed by atoms with E-state index >= 15 is 0 Å². The minimum atomic E-state index is 0.0396. The lowest BCUT2D eigenvalue weighted by Gasteiger charge is -2.32. The van der Waals surface area contributed by atoms with Crippen LogP contribution in [0.3, 0.4) is 0 Å². The molecule has 0 aromatic carbocycles. The number of nitrogens with zero attached hydrogens (tertiary/aromatic N) is 3. The normalized spacial score (nSPS) is 29.0. The van der Waals surface area contributed by atoms with Gasteiger partial charge in [-0.25, -0.2) is 0 Å². The van der Waals surface area contributed by atoms with Crippen LogP contribution in [0.15, 0.2) is 6.20 Å². The molecule has 1 aromatic heterocycles. The Bertz CT molecular complexity index is 328. The highest BCUT2D eigenvalue weighted by Crippen LogP contribution is 2.37. The van der Waals surface area contributed by atoms with Gasteiger partial charge in [0.2, 0.25) is 0 Å². The van der Waals surface area contributed by atoms with Crippen LogP contribution in [-0.2, 0) is 7.05 Å². The van der Waals surface area contributed by atoms with Gasteiger partial charge in [0.05, 0.1) is 17.9 Å². The number of thioether (sulfide) groups is 2. The van der Waals surface area contributed by atoms with Crippen molar-refractivity contribution in [3.05, 3.63) is 11.9 Å². The van der Waals surface area contributed by atoms with Gasteiger partial charge >= 0.3 is 0 Å². The highest BCUT2D eigenvalue weighted by molar-refractivity contribution is 8.07. The summed E-state index contributed by atoms with van der Waals surface area (Å²) in [7, 11) is 1.90. The summed E-state index contributed by atoms with van der Waals surface area (Å²) in [5, 5.41) is 8.89. The number of aromatic nitrogens is 3. The minimum absolute atomic E-state index is 0.0396. The zero-order valence-corrected chi connectivity index (χ0v) is 10.6. The molecule has 84 valence electrons. The fourth-order valence-electron chi connectivity index (χ4n) is 1.81. The van der Waals surface area contributed by atoms with Gasteiger partial charge in [0.15, 0.2) is 0 Å². The zero-order valence-electron chi connectivity index (χ0n) is 8.96. The van der Waals surface area contributed by atoms with Crippen LogP contribution in [0.25, 0.3) is 0 Å². The van der Waals surface area contributed by atoms with E-state index in [9.17, 15) is 0 Å². The van der Waals surface area contributed by atoms with Gasteiger partial charge in [0.25, 0.3) is 0 Å². The van der Waals surface area contributed by atoms with Crippen molar-refractivity contribution >= 4 is 23.5 Å². The van der Waals surface area contributed by atoms with E-state index in [1.54, 1.807) is 10.9 Å². The van der Waals surface area contributed by atoms with E-state index in [0.29, 0.717) is 10.5 Å². The fraction of sp³-hybridized carbons (Fsp3) is 0.778. The molecule has 0 radical (unpaired) electrons. The first-order chi connectivity index (χ1) is 7.20. The molecule has 2 rings (SSSR count). The minimum Gasteiger partial charge on any atom is -0.322 e. The van der Waals surface area contributed by atoms with E-state index < -0.39 is 0 Å². The average molecular weight is 244 g/mol. The van der Waals surface area contributed by atoms with Crippen LogP contribution in [0.4, 0.5) is 0 Å². The second kappa shape index (κ2) is 4.76. The highest BCUT2D eigenvalue weighted by atomic mass is 32.2. The third kappa shape index (κ3) is 2.32. The van der Waals surface area contributed by atoms with Crippen LogP contribution in [0.2, 0.25) is 0 Å². The molecule has 1 fully saturated rings. The summed E-state index contributed by atoms with van der Waals surface area (Å²) in [6.07, 6.45) is 1.78. The summed E-state index contributed by atoms with van der Waals surface area (Å²) >= 11 is 3.98. The van der Waals surface area contributed by atoms with Gasteiger partial charge in [0.1, 0.15) is 0 Å². The first-order valence-corrected chi connectivity index (χ1v) is 7.13. The molecule has 0 spiro atoms. The predicted octanol–water partition coefficient (Wildman–Crippen LogP) is 1.05. The second-order valence-electron chi connectivity index (χ2n) is 3.72. The number of hydrogen-bond acceptors (Lipinski definition) is 5. The first-order valence-electron chi connectivity index (χ1n) is 5.03. The van der Waals surface area contributed by atoms with E-state index in [4.69, 9.17) is 5.73 Å². The van der Waals surface area contributed by atoms with Gasteiger partial charge in [0, 0.05) is 29.1 Å². The van der Waals surface area contributed by atoms with Gasteiger partial charge in [-0.15, -0.1) is 5.10 Å². The molecule has 2 heterocycles. The third-order valence-electron chi connectivity index (χ3n) is 2.68. The average Bonchev–Trinajstić information content (AvgIpc) is 2.64. The van der Waals surface area contributed by atoms with Crippen molar-refractivity contribution in [2.45, 2.75) is 23.5 Å². The molecule has 0 saturated carbocycles. The summed E-state index contributed by atoms with van der Waals surface area (Å²) in [6.45, 7) is 2.26. The summed E-state index contributed by atoms with van der Waals surface area (Å²) in [4.78, 5) is 0. The number of aryl methyl sites for hydroxylation is 1. The quantitative estimate of drug-likeness (QED) is 0.843. The molecule has 15 heavy (non-hydrogen) atoms.